The molecule has 1 aliphatic heterocycles. The molecule has 1 nitrogen and oxygen atoms in total. The molecule has 1 rings (SSSR count). The Morgan fingerprint density at radius 3 is 2.50 bits per heavy atom. The van der Waals surface area contributed by atoms with Crippen LogP contribution in [0.2, 0.25) is 0 Å². The van der Waals surface area contributed by atoms with Crippen LogP contribution in [0, 0.1) is 0 Å². The van der Waals surface area contributed by atoms with Crippen molar-refractivity contribution in [3.63, 3.8) is 0 Å². The number of hydrogen-bond donors (Lipinski definition) is 0. The summed E-state index contributed by atoms with van der Waals surface area (Å²) in [6.07, 6.45) is 4.27. The van der Waals surface area contributed by atoms with Crippen molar-refractivity contribution in [1.82, 2.24) is 0 Å². The standard InChI is InChI=1S/C9H20N/c1-4-9-7-6-8-10(9,3)5-2/h9H,4-8H2,1-3H3/q+1/t9-,10?/m0/s1. The van der Waals surface area contributed by atoms with E-state index in [0.717, 1.165) is 6.04 Å². The van der Waals surface area contributed by atoms with E-state index in [4.69, 9.17) is 0 Å². The van der Waals surface area contributed by atoms with Gasteiger partial charge in [0.15, 0.2) is 0 Å². The van der Waals surface area contributed by atoms with Gasteiger partial charge in [-0.25, -0.2) is 0 Å². The van der Waals surface area contributed by atoms with Gasteiger partial charge in [-0.1, -0.05) is 6.92 Å². The maximum atomic E-state index is 2.40. The Hall–Kier alpha value is -0.0400. The summed E-state index contributed by atoms with van der Waals surface area (Å²) in [4.78, 5) is 0. The van der Waals surface area contributed by atoms with Crippen LogP contribution in [0.5, 0.6) is 0 Å². The molecule has 0 N–H and O–H groups in total. The van der Waals surface area contributed by atoms with E-state index in [0.29, 0.717) is 0 Å². The highest BCUT2D eigenvalue weighted by atomic mass is 15.4. The van der Waals surface area contributed by atoms with Crippen molar-refractivity contribution >= 4 is 0 Å². The average molecular weight is 142 g/mol. The summed E-state index contributed by atoms with van der Waals surface area (Å²) in [5.41, 5.74) is 0. The average Bonchev–Trinajstić information content (AvgIpc) is 2.32. The summed E-state index contributed by atoms with van der Waals surface area (Å²) < 4.78 is 1.33. The molecule has 1 aliphatic rings. The van der Waals surface area contributed by atoms with Crippen LogP contribution in [0.3, 0.4) is 0 Å². The summed E-state index contributed by atoms with van der Waals surface area (Å²) in [5.74, 6) is 0. The highest BCUT2D eigenvalue weighted by Crippen LogP contribution is 2.26. The van der Waals surface area contributed by atoms with E-state index in [2.05, 4.69) is 20.9 Å². The molecular formula is C9H20N+. The Labute approximate surface area is 64.6 Å². The van der Waals surface area contributed by atoms with E-state index in [-0.39, 0.29) is 0 Å². The lowest BCUT2D eigenvalue weighted by Crippen LogP contribution is -2.47. The minimum absolute atomic E-state index is 0.963. The summed E-state index contributed by atoms with van der Waals surface area (Å²) in [7, 11) is 2.40. The first-order valence-corrected chi connectivity index (χ1v) is 4.57. The SMILES string of the molecule is CC[C@H]1CCC[N+]1(C)CC. The molecule has 1 saturated heterocycles. The van der Waals surface area contributed by atoms with Gasteiger partial charge in [0.25, 0.3) is 0 Å². The van der Waals surface area contributed by atoms with Gasteiger partial charge in [-0.3, -0.25) is 0 Å². The third kappa shape index (κ3) is 1.20. The predicted molar refractivity (Wildman–Crippen MR) is 44.9 cm³/mol. The number of hydrogen-bond acceptors (Lipinski definition) is 0. The quantitative estimate of drug-likeness (QED) is 0.517. The molecule has 0 bridgehead atoms. The predicted octanol–water partition coefficient (Wildman–Crippen LogP) is 2.03. The zero-order chi connectivity index (χ0) is 7.61. The molecule has 1 fully saturated rings. The largest absolute Gasteiger partial charge is 0.324 e. The van der Waals surface area contributed by atoms with E-state index >= 15 is 0 Å². The summed E-state index contributed by atoms with van der Waals surface area (Å²) >= 11 is 0. The highest BCUT2D eigenvalue weighted by molar-refractivity contribution is 4.64. The fourth-order valence-electron chi connectivity index (χ4n) is 2.24. The monoisotopic (exact) mass is 142 g/mol. The first kappa shape index (κ1) is 8.06. The van der Waals surface area contributed by atoms with Gasteiger partial charge in [0.1, 0.15) is 0 Å². The van der Waals surface area contributed by atoms with E-state index in [1.165, 1.54) is 36.8 Å². The number of rotatable bonds is 2. The summed E-state index contributed by atoms with van der Waals surface area (Å²) in [6, 6.07) is 0.963. The molecule has 1 heteroatoms. The smallest absolute Gasteiger partial charge is 0.0887 e. The van der Waals surface area contributed by atoms with Crippen molar-refractivity contribution in [3.05, 3.63) is 0 Å². The Morgan fingerprint density at radius 1 is 1.40 bits per heavy atom. The Kier molecular flexibility index (Phi) is 2.35. The topological polar surface area (TPSA) is 0 Å². The Bertz CT molecular complexity index is 111. The maximum absolute atomic E-state index is 2.40. The molecule has 2 atom stereocenters. The minimum Gasteiger partial charge on any atom is -0.324 e. The lowest BCUT2D eigenvalue weighted by atomic mass is 10.1. The second kappa shape index (κ2) is 2.91. The molecule has 0 saturated carbocycles. The zero-order valence-corrected chi connectivity index (χ0v) is 7.56. The van der Waals surface area contributed by atoms with Crippen LogP contribution >= 0.6 is 0 Å². The molecule has 0 amide bonds. The van der Waals surface area contributed by atoms with Crippen LogP contribution < -0.4 is 0 Å². The van der Waals surface area contributed by atoms with Crippen molar-refractivity contribution in [2.45, 2.75) is 39.2 Å². The second-order valence-corrected chi connectivity index (χ2v) is 3.72. The van der Waals surface area contributed by atoms with Crippen molar-refractivity contribution in [3.8, 4) is 0 Å². The van der Waals surface area contributed by atoms with Gasteiger partial charge in [0, 0.05) is 12.8 Å². The summed E-state index contributed by atoms with van der Waals surface area (Å²) in [6.45, 7) is 7.36. The normalized spacial score (nSPS) is 40.5. The van der Waals surface area contributed by atoms with Crippen LogP contribution in [0.1, 0.15) is 33.1 Å². The first-order valence-electron chi connectivity index (χ1n) is 4.57. The van der Waals surface area contributed by atoms with Crippen molar-refractivity contribution in [2.24, 2.45) is 0 Å². The van der Waals surface area contributed by atoms with E-state index in [9.17, 15) is 0 Å². The van der Waals surface area contributed by atoms with Gasteiger partial charge in [-0.15, -0.1) is 0 Å². The molecule has 0 spiro atoms. The fraction of sp³-hybridized carbons (Fsp3) is 1.00. The van der Waals surface area contributed by atoms with E-state index < -0.39 is 0 Å². The molecule has 1 unspecified atom stereocenters. The van der Waals surface area contributed by atoms with Crippen LogP contribution in [0.15, 0.2) is 0 Å². The van der Waals surface area contributed by atoms with E-state index in [1.807, 2.05) is 0 Å². The van der Waals surface area contributed by atoms with Crippen molar-refractivity contribution in [2.75, 3.05) is 20.1 Å². The minimum atomic E-state index is 0.963. The van der Waals surface area contributed by atoms with Crippen LogP contribution in [-0.2, 0) is 0 Å². The van der Waals surface area contributed by atoms with Gasteiger partial charge in [0.05, 0.1) is 26.2 Å². The number of likely N-dealkylation sites (tertiary alicyclic amines) is 1. The molecule has 0 aromatic carbocycles. The molecule has 0 aromatic heterocycles. The molecule has 10 heavy (non-hydrogen) atoms. The van der Waals surface area contributed by atoms with Gasteiger partial charge in [0.2, 0.25) is 0 Å². The van der Waals surface area contributed by atoms with Gasteiger partial charge in [-0.05, 0) is 13.3 Å². The molecule has 0 aromatic rings. The molecule has 1 heterocycles. The molecule has 0 aliphatic carbocycles. The zero-order valence-electron chi connectivity index (χ0n) is 7.56. The molecule has 0 radical (unpaired) electrons. The summed E-state index contributed by atoms with van der Waals surface area (Å²) in [5, 5.41) is 0. The Morgan fingerprint density at radius 2 is 2.10 bits per heavy atom. The van der Waals surface area contributed by atoms with Crippen molar-refractivity contribution < 1.29 is 4.48 Å². The fourth-order valence-corrected chi connectivity index (χ4v) is 2.24. The number of quaternary nitrogens is 1. The lowest BCUT2D eigenvalue weighted by molar-refractivity contribution is -0.919. The second-order valence-electron chi connectivity index (χ2n) is 3.72. The molecule has 60 valence electrons. The third-order valence-corrected chi connectivity index (χ3v) is 3.28. The molecular weight excluding hydrogens is 122 g/mol. The van der Waals surface area contributed by atoms with Gasteiger partial charge >= 0.3 is 0 Å². The van der Waals surface area contributed by atoms with Crippen molar-refractivity contribution in [1.29, 1.82) is 0 Å². The third-order valence-electron chi connectivity index (χ3n) is 3.28. The number of nitrogens with zero attached hydrogens (tertiary/aromatic N) is 1. The highest BCUT2D eigenvalue weighted by Gasteiger charge is 2.34. The first-order chi connectivity index (χ1) is 4.73. The van der Waals surface area contributed by atoms with Gasteiger partial charge in [-0.2, -0.15) is 0 Å². The van der Waals surface area contributed by atoms with E-state index in [1.54, 1.807) is 0 Å². The van der Waals surface area contributed by atoms with Gasteiger partial charge < -0.3 is 4.48 Å². The maximum Gasteiger partial charge on any atom is 0.0887 e. The lowest BCUT2D eigenvalue weighted by Gasteiger charge is -2.34. The van der Waals surface area contributed by atoms with Crippen LogP contribution in [-0.4, -0.2) is 30.7 Å². The Balaban J connectivity index is 2.56. The van der Waals surface area contributed by atoms with Crippen LogP contribution in [0.4, 0.5) is 0 Å². The van der Waals surface area contributed by atoms with Crippen LogP contribution in [0.25, 0.3) is 0 Å².